The Bertz CT molecular complexity index is 437. The summed E-state index contributed by atoms with van der Waals surface area (Å²) in [6.45, 7) is 2.54. The van der Waals surface area contributed by atoms with Gasteiger partial charge in [0.25, 0.3) is 0 Å². The van der Waals surface area contributed by atoms with Crippen molar-refractivity contribution in [1.29, 1.82) is 0 Å². The predicted octanol–water partition coefficient (Wildman–Crippen LogP) is 2.97. The van der Waals surface area contributed by atoms with Crippen molar-refractivity contribution in [2.75, 3.05) is 25.7 Å². The Hall–Kier alpha value is -1.07. The molecule has 1 aromatic rings. The summed E-state index contributed by atoms with van der Waals surface area (Å²) in [5, 5.41) is 2.98. The molecular formula is C14H21FN2OS. The van der Waals surface area contributed by atoms with Gasteiger partial charge in [0.1, 0.15) is 5.82 Å². The molecule has 0 spiro atoms. The van der Waals surface area contributed by atoms with Gasteiger partial charge in [-0.15, -0.1) is 0 Å². The zero-order valence-corrected chi connectivity index (χ0v) is 12.7. The van der Waals surface area contributed by atoms with E-state index in [0.29, 0.717) is 24.2 Å². The monoisotopic (exact) mass is 284 g/mol. The highest BCUT2D eigenvalue weighted by molar-refractivity contribution is 7.99. The van der Waals surface area contributed by atoms with Crippen molar-refractivity contribution < 1.29 is 9.18 Å². The molecule has 1 N–H and O–H groups in total. The number of halogens is 1. The number of nitrogens with one attached hydrogen (secondary N) is 1. The minimum Gasteiger partial charge on any atom is -0.326 e. The van der Waals surface area contributed by atoms with Crippen LogP contribution >= 0.6 is 11.8 Å². The standard InChI is InChI=1S/C14H21FN2OS/c1-10(19-4)7-14(18)16-12-6-5-11(9-17(2)3)13(15)8-12/h5-6,8,10H,7,9H2,1-4H3,(H,16,18)/t10-/m1/s1. The second kappa shape index (κ2) is 7.50. The zero-order valence-electron chi connectivity index (χ0n) is 11.9. The lowest BCUT2D eigenvalue weighted by atomic mass is 10.2. The highest BCUT2D eigenvalue weighted by Gasteiger charge is 2.10. The molecule has 0 aliphatic rings. The maximum Gasteiger partial charge on any atom is 0.225 e. The summed E-state index contributed by atoms with van der Waals surface area (Å²) in [6, 6.07) is 4.83. The van der Waals surface area contributed by atoms with Crippen molar-refractivity contribution in [1.82, 2.24) is 4.90 Å². The molecule has 106 valence electrons. The highest BCUT2D eigenvalue weighted by Crippen LogP contribution is 2.17. The molecule has 0 saturated carbocycles. The summed E-state index contributed by atoms with van der Waals surface area (Å²) in [6.07, 6.45) is 2.40. The summed E-state index contributed by atoms with van der Waals surface area (Å²) in [4.78, 5) is 13.6. The quantitative estimate of drug-likeness (QED) is 0.871. The number of hydrogen-bond acceptors (Lipinski definition) is 3. The summed E-state index contributed by atoms with van der Waals surface area (Å²) in [5.41, 5.74) is 1.14. The van der Waals surface area contributed by atoms with E-state index in [4.69, 9.17) is 0 Å². The lowest BCUT2D eigenvalue weighted by Crippen LogP contribution is -2.16. The van der Waals surface area contributed by atoms with Crippen molar-refractivity contribution in [3.8, 4) is 0 Å². The molecule has 0 aliphatic carbocycles. The van der Waals surface area contributed by atoms with Crippen LogP contribution in [0.1, 0.15) is 18.9 Å². The van der Waals surface area contributed by atoms with Crippen LogP contribution in [0, 0.1) is 5.82 Å². The molecule has 3 nitrogen and oxygen atoms in total. The van der Waals surface area contributed by atoms with E-state index in [1.54, 1.807) is 23.9 Å². The molecule has 1 atom stereocenters. The molecule has 0 radical (unpaired) electrons. The fraction of sp³-hybridized carbons (Fsp3) is 0.500. The van der Waals surface area contributed by atoms with Crippen molar-refractivity contribution >= 4 is 23.4 Å². The van der Waals surface area contributed by atoms with Gasteiger partial charge in [0, 0.05) is 29.5 Å². The fourth-order valence-corrected chi connectivity index (χ4v) is 1.97. The summed E-state index contributed by atoms with van der Waals surface area (Å²) < 4.78 is 13.8. The molecule has 0 heterocycles. The van der Waals surface area contributed by atoms with Gasteiger partial charge in [0.05, 0.1) is 0 Å². The first-order chi connectivity index (χ1) is 8.92. The van der Waals surface area contributed by atoms with E-state index in [-0.39, 0.29) is 17.0 Å². The normalized spacial score (nSPS) is 12.5. The van der Waals surface area contributed by atoms with Crippen LogP contribution in [0.5, 0.6) is 0 Å². The van der Waals surface area contributed by atoms with Gasteiger partial charge in [0.2, 0.25) is 5.91 Å². The highest BCUT2D eigenvalue weighted by atomic mass is 32.2. The van der Waals surface area contributed by atoms with E-state index in [1.807, 2.05) is 32.2 Å². The lowest BCUT2D eigenvalue weighted by Gasteiger charge is -2.12. The third kappa shape index (κ3) is 5.61. The van der Waals surface area contributed by atoms with Crippen molar-refractivity contribution in [3.05, 3.63) is 29.6 Å². The first-order valence-electron chi connectivity index (χ1n) is 6.18. The minimum atomic E-state index is -0.288. The SMILES string of the molecule is CS[C@H](C)CC(=O)Nc1ccc(CN(C)C)c(F)c1. The lowest BCUT2D eigenvalue weighted by molar-refractivity contribution is -0.116. The van der Waals surface area contributed by atoms with Crippen LogP contribution in [0.2, 0.25) is 0 Å². The van der Waals surface area contributed by atoms with E-state index in [9.17, 15) is 9.18 Å². The summed E-state index contributed by atoms with van der Waals surface area (Å²) >= 11 is 1.64. The third-order valence-corrected chi connectivity index (χ3v) is 3.67. The number of benzene rings is 1. The molecule has 5 heteroatoms. The van der Waals surface area contributed by atoms with Crippen LogP contribution in [0.25, 0.3) is 0 Å². The fourth-order valence-electron chi connectivity index (χ4n) is 1.65. The average Bonchev–Trinajstić information content (AvgIpc) is 2.32. The van der Waals surface area contributed by atoms with Gasteiger partial charge in [-0.1, -0.05) is 13.0 Å². The average molecular weight is 284 g/mol. The molecule has 0 bridgehead atoms. The van der Waals surface area contributed by atoms with E-state index in [0.717, 1.165) is 0 Å². The number of nitrogens with zero attached hydrogens (tertiary/aromatic N) is 1. The van der Waals surface area contributed by atoms with Gasteiger partial charge in [-0.3, -0.25) is 4.79 Å². The zero-order chi connectivity index (χ0) is 14.4. The predicted molar refractivity (Wildman–Crippen MR) is 80.0 cm³/mol. The molecule has 19 heavy (non-hydrogen) atoms. The Kier molecular flexibility index (Phi) is 6.31. The molecular weight excluding hydrogens is 263 g/mol. The maximum absolute atomic E-state index is 13.8. The van der Waals surface area contributed by atoms with E-state index in [2.05, 4.69) is 5.32 Å². The number of hydrogen-bond donors (Lipinski definition) is 1. The van der Waals surface area contributed by atoms with Crippen molar-refractivity contribution in [2.45, 2.75) is 25.1 Å². The number of carbonyl (C=O) groups is 1. The van der Waals surface area contributed by atoms with E-state index >= 15 is 0 Å². The molecule has 1 aromatic carbocycles. The number of carbonyl (C=O) groups excluding carboxylic acids is 1. The number of anilines is 1. The molecule has 1 amide bonds. The topological polar surface area (TPSA) is 32.3 Å². The largest absolute Gasteiger partial charge is 0.326 e. The molecule has 0 aliphatic heterocycles. The number of amides is 1. The van der Waals surface area contributed by atoms with Crippen LogP contribution in [-0.4, -0.2) is 36.4 Å². The summed E-state index contributed by atoms with van der Waals surface area (Å²) in [7, 11) is 3.78. The Labute approximate surface area is 118 Å². The van der Waals surface area contributed by atoms with Gasteiger partial charge >= 0.3 is 0 Å². The maximum atomic E-state index is 13.8. The van der Waals surface area contributed by atoms with Gasteiger partial charge in [-0.2, -0.15) is 11.8 Å². The van der Waals surface area contributed by atoms with Crippen LogP contribution in [0.15, 0.2) is 18.2 Å². The first kappa shape index (κ1) is 16.0. The Morgan fingerprint density at radius 3 is 2.68 bits per heavy atom. The van der Waals surface area contributed by atoms with Gasteiger partial charge < -0.3 is 10.2 Å². The molecule has 0 fully saturated rings. The Morgan fingerprint density at radius 1 is 1.47 bits per heavy atom. The van der Waals surface area contributed by atoms with Crippen molar-refractivity contribution in [2.24, 2.45) is 0 Å². The second-order valence-electron chi connectivity index (χ2n) is 4.84. The van der Waals surface area contributed by atoms with Crippen LogP contribution < -0.4 is 5.32 Å². The van der Waals surface area contributed by atoms with E-state index < -0.39 is 0 Å². The summed E-state index contributed by atoms with van der Waals surface area (Å²) in [5.74, 6) is -0.369. The molecule has 0 unspecified atom stereocenters. The first-order valence-corrected chi connectivity index (χ1v) is 7.47. The number of thioether (sulfide) groups is 1. The molecule has 0 aromatic heterocycles. The molecule has 0 saturated heterocycles. The van der Waals surface area contributed by atoms with Crippen molar-refractivity contribution in [3.63, 3.8) is 0 Å². The third-order valence-electron chi connectivity index (χ3n) is 2.70. The second-order valence-corrected chi connectivity index (χ2v) is 6.12. The van der Waals surface area contributed by atoms with Crippen LogP contribution in [-0.2, 0) is 11.3 Å². The Morgan fingerprint density at radius 2 is 2.16 bits per heavy atom. The van der Waals surface area contributed by atoms with E-state index in [1.165, 1.54) is 6.07 Å². The van der Waals surface area contributed by atoms with Gasteiger partial charge in [-0.05, 0) is 32.5 Å². The Balaban J connectivity index is 2.65. The smallest absolute Gasteiger partial charge is 0.225 e. The minimum absolute atomic E-state index is 0.0818. The van der Waals surface area contributed by atoms with Gasteiger partial charge in [-0.25, -0.2) is 4.39 Å². The van der Waals surface area contributed by atoms with Gasteiger partial charge in [0.15, 0.2) is 0 Å². The molecule has 1 rings (SSSR count). The number of rotatable bonds is 6. The van der Waals surface area contributed by atoms with Crippen LogP contribution in [0.4, 0.5) is 10.1 Å². The van der Waals surface area contributed by atoms with Crippen LogP contribution in [0.3, 0.4) is 0 Å².